The second-order valence-electron chi connectivity index (χ2n) is 4.65. The molecule has 1 aromatic carbocycles. The fourth-order valence-corrected chi connectivity index (χ4v) is 2.36. The molecule has 0 saturated carbocycles. The molecule has 1 aromatic heterocycles. The summed E-state index contributed by atoms with van der Waals surface area (Å²) >= 11 is 0. The van der Waals surface area contributed by atoms with Crippen molar-refractivity contribution in [1.82, 2.24) is 15.0 Å². The van der Waals surface area contributed by atoms with Gasteiger partial charge in [-0.1, -0.05) is 6.07 Å². The van der Waals surface area contributed by atoms with Gasteiger partial charge in [0.05, 0.1) is 12.8 Å². The Morgan fingerprint density at radius 3 is 2.95 bits per heavy atom. The molecule has 3 rings (SSSR count). The van der Waals surface area contributed by atoms with Crippen molar-refractivity contribution in [3.8, 4) is 6.01 Å². The minimum absolute atomic E-state index is 0.237. The lowest BCUT2D eigenvalue weighted by Gasteiger charge is -2.18. The Labute approximate surface area is 122 Å². The molecule has 1 N–H and O–H groups in total. The van der Waals surface area contributed by atoms with E-state index in [0.29, 0.717) is 25.0 Å². The summed E-state index contributed by atoms with van der Waals surface area (Å²) in [6.45, 7) is 3.35. The quantitative estimate of drug-likeness (QED) is 0.930. The molecule has 0 radical (unpaired) electrons. The van der Waals surface area contributed by atoms with Crippen LogP contribution in [0.25, 0.3) is 0 Å². The van der Waals surface area contributed by atoms with Gasteiger partial charge in [-0.2, -0.15) is 15.0 Å². The van der Waals surface area contributed by atoms with E-state index < -0.39 is 0 Å². The molecule has 2 aromatic rings. The van der Waals surface area contributed by atoms with E-state index in [1.807, 2.05) is 11.8 Å². The van der Waals surface area contributed by atoms with E-state index in [4.69, 9.17) is 4.74 Å². The van der Waals surface area contributed by atoms with Gasteiger partial charge in [0.2, 0.25) is 11.9 Å². The summed E-state index contributed by atoms with van der Waals surface area (Å²) in [6.07, 6.45) is 0.833. The van der Waals surface area contributed by atoms with Crippen LogP contribution >= 0.6 is 0 Å². The van der Waals surface area contributed by atoms with Crippen molar-refractivity contribution < 1.29 is 9.13 Å². The Morgan fingerprint density at radius 1 is 1.33 bits per heavy atom. The number of halogens is 1. The molecule has 7 heteroatoms. The van der Waals surface area contributed by atoms with Gasteiger partial charge < -0.3 is 15.0 Å². The lowest BCUT2D eigenvalue weighted by atomic mass is 10.2. The number of ether oxygens (including phenoxy) is 1. The summed E-state index contributed by atoms with van der Waals surface area (Å²) in [6, 6.07) is 5.01. The van der Waals surface area contributed by atoms with Gasteiger partial charge in [0.25, 0.3) is 0 Å². The zero-order chi connectivity index (χ0) is 14.8. The van der Waals surface area contributed by atoms with Gasteiger partial charge in [-0.05, 0) is 31.0 Å². The maximum absolute atomic E-state index is 13.5. The molecule has 1 aliphatic heterocycles. The average molecular weight is 289 g/mol. The third-order valence-corrected chi connectivity index (χ3v) is 3.30. The molecular weight excluding hydrogens is 273 g/mol. The summed E-state index contributed by atoms with van der Waals surface area (Å²) in [5, 5.41) is 3.04. The first-order valence-electron chi connectivity index (χ1n) is 6.81. The van der Waals surface area contributed by atoms with Crippen molar-refractivity contribution in [2.75, 3.05) is 30.4 Å². The molecule has 0 spiro atoms. The number of fused-ring (bicyclic) bond motifs is 1. The molecule has 0 unspecified atom stereocenters. The normalized spacial score (nSPS) is 13.2. The van der Waals surface area contributed by atoms with Crippen LogP contribution in [0.4, 0.5) is 22.0 Å². The highest BCUT2D eigenvalue weighted by atomic mass is 19.1. The van der Waals surface area contributed by atoms with Crippen LogP contribution in [-0.2, 0) is 6.42 Å². The number of hydrogen-bond acceptors (Lipinski definition) is 6. The first-order chi connectivity index (χ1) is 10.2. The highest BCUT2D eigenvalue weighted by molar-refractivity contribution is 5.66. The maximum atomic E-state index is 13.5. The molecule has 0 saturated heterocycles. The van der Waals surface area contributed by atoms with Crippen molar-refractivity contribution in [3.63, 3.8) is 0 Å². The number of benzene rings is 1. The van der Waals surface area contributed by atoms with E-state index in [0.717, 1.165) is 17.7 Å². The van der Waals surface area contributed by atoms with Gasteiger partial charge in [0.1, 0.15) is 5.82 Å². The third kappa shape index (κ3) is 2.58. The molecule has 1 aliphatic rings. The van der Waals surface area contributed by atoms with Gasteiger partial charge in [-0.3, -0.25) is 0 Å². The van der Waals surface area contributed by atoms with Crippen molar-refractivity contribution >= 4 is 17.6 Å². The molecular formula is C14H16FN5O. The molecule has 0 atom stereocenters. The molecule has 21 heavy (non-hydrogen) atoms. The first kappa shape index (κ1) is 13.5. The van der Waals surface area contributed by atoms with Crippen LogP contribution in [0.1, 0.15) is 12.5 Å². The molecule has 2 heterocycles. The Hall–Kier alpha value is -2.44. The lowest BCUT2D eigenvalue weighted by Crippen LogP contribution is -2.18. The summed E-state index contributed by atoms with van der Waals surface area (Å²) in [7, 11) is 1.51. The highest BCUT2D eigenvalue weighted by Crippen LogP contribution is 2.33. The predicted molar refractivity (Wildman–Crippen MR) is 77.7 cm³/mol. The van der Waals surface area contributed by atoms with Crippen molar-refractivity contribution in [1.29, 1.82) is 0 Å². The van der Waals surface area contributed by atoms with E-state index in [2.05, 4.69) is 20.3 Å². The second kappa shape index (κ2) is 5.51. The van der Waals surface area contributed by atoms with Gasteiger partial charge >= 0.3 is 6.01 Å². The summed E-state index contributed by atoms with van der Waals surface area (Å²) < 4.78 is 18.6. The number of rotatable bonds is 4. The Bertz CT molecular complexity index is 664. The molecule has 110 valence electrons. The van der Waals surface area contributed by atoms with Crippen LogP contribution in [0.3, 0.4) is 0 Å². The number of hydrogen-bond donors (Lipinski definition) is 1. The second-order valence-corrected chi connectivity index (χ2v) is 4.65. The van der Waals surface area contributed by atoms with Gasteiger partial charge in [-0.15, -0.1) is 0 Å². The minimum atomic E-state index is -0.270. The monoisotopic (exact) mass is 289 g/mol. The predicted octanol–water partition coefficient (Wildman–Crippen LogP) is 2.15. The zero-order valence-corrected chi connectivity index (χ0v) is 11.9. The summed E-state index contributed by atoms with van der Waals surface area (Å²) in [4.78, 5) is 14.6. The lowest BCUT2D eigenvalue weighted by molar-refractivity contribution is 0.379. The summed E-state index contributed by atoms with van der Waals surface area (Å²) in [5.74, 6) is 0.639. The molecule has 6 nitrogen and oxygen atoms in total. The van der Waals surface area contributed by atoms with Crippen molar-refractivity contribution in [2.24, 2.45) is 0 Å². The number of aromatic nitrogens is 3. The van der Waals surface area contributed by atoms with Gasteiger partial charge in [-0.25, -0.2) is 4.39 Å². The van der Waals surface area contributed by atoms with Crippen LogP contribution in [0.15, 0.2) is 18.2 Å². The molecule has 0 aliphatic carbocycles. The smallest absolute Gasteiger partial charge is 0.322 e. The van der Waals surface area contributed by atoms with Crippen LogP contribution in [0, 0.1) is 5.82 Å². The fourth-order valence-electron chi connectivity index (χ4n) is 2.36. The number of nitrogens with zero attached hydrogens (tertiary/aromatic N) is 4. The number of anilines is 3. The fraction of sp³-hybridized carbons (Fsp3) is 0.357. The molecule has 0 bridgehead atoms. The first-order valence-corrected chi connectivity index (χ1v) is 6.81. The maximum Gasteiger partial charge on any atom is 0.322 e. The molecule has 0 fully saturated rings. The Kier molecular flexibility index (Phi) is 3.55. The van der Waals surface area contributed by atoms with Crippen LogP contribution in [0.2, 0.25) is 0 Å². The standard InChI is InChI=1S/C14H16FN5O/c1-3-16-12-17-13(19-14(18-12)21-2)20-7-6-9-4-5-10(15)8-11(9)20/h4-5,8H,3,6-7H2,1-2H3,(H,16,17,18,19). The zero-order valence-electron chi connectivity index (χ0n) is 11.9. The van der Waals surface area contributed by atoms with E-state index in [-0.39, 0.29) is 11.8 Å². The average Bonchev–Trinajstić information content (AvgIpc) is 2.90. The number of methoxy groups -OCH3 is 1. The number of nitrogens with one attached hydrogen (secondary N) is 1. The Morgan fingerprint density at radius 2 is 2.19 bits per heavy atom. The summed E-state index contributed by atoms with van der Waals surface area (Å²) in [5.41, 5.74) is 1.88. The van der Waals surface area contributed by atoms with E-state index in [1.165, 1.54) is 19.2 Å². The van der Waals surface area contributed by atoms with Crippen LogP contribution in [-0.4, -0.2) is 35.2 Å². The SMILES string of the molecule is CCNc1nc(OC)nc(N2CCc3ccc(F)cc32)n1. The minimum Gasteiger partial charge on any atom is -0.467 e. The van der Waals surface area contributed by atoms with E-state index >= 15 is 0 Å². The molecule has 0 amide bonds. The van der Waals surface area contributed by atoms with E-state index in [9.17, 15) is 4.39 Å². The van der Waals surface area contributed by atoms with Gasteiger partial charge in [0.15, 0.2) is 0 Å². The highest BCUT2D eigenvalue weighted by Gasteiger charge is 2.24. The van der Waals surface area contributed by atoms with Crippen molar-refractivity contribution in [3.05, 3.63) is 29.6 Å². The topological polar surface area (TPSA) is 63.2 Å². The third-order valence-electron chi connectivity index (χ3n) is 3.30. The Balaban J connectivity index is 2.02. The largest absolute Gasteiger partial charge is 0.467 e. The van der Waals surface area contributed by atoms with Gasteiger partial charge in [0, 0.05) is 13.1 Å². The van der Waals surface area contributed by atoms with Crippen LogP contribution in [0.5, 0.6) is 6.01 Å². The van der Waals surface area contributed by atoms with Crippen LogP contribution < -0.4 is 15.0 Å². The van der Waals surface area contributed by atoms with E-state index in [1.54, 1.807) is 6.07 Å². The van der Waals surface area contributed by atoms with Crippen molar-refractivity contribution in [2.45, 2.75) is 13.3 Å².